The smallest absolute Gasteiger partial charge is 0.0546 e. The zero-order valence-electron chi connectivity index (χ0n) is 39.1. The van der Waals surface area contributed by atoms with Crippen LogP contribution >= 0.6 is 0 Å². The molecule has 0 N–H and O–H groups in total. The van der Waals surface area contributed by atoms with Crippen LogP contribution in [0.2, 0.25) is 0 Å². The molecule has 0 radical (unpaired) electrons. The summed E-state index contributed by atoms with van der Waals surface area (Å²) in [5.41, 5.74) is 15.4. The van der Waals surface area contributed by atoms with Crippen LogP contribution in [0.3, 0.4) is 0 Å². The standard InChI is InChI=1S/C62H66N2/c1-41(2)45-19-27-51(28-20-45)63(53-31-23-49(24-32-53)47-13-9-7-10-14-47)61-39-59-58-38-44(6)18-36-56(58)62(40-60(59)57-37-43(5)17-35-55(57)61)64(52-29-21-46(22-30-52)42(3)4)54-33-25-50(26-34-54)48-15-11-8-12-16-48/h17-42,47-48H,7-16H2,1-6H3. The first-order valence-electron chi connectivity index (χ1n) is 24.6. The van der Waals surface area contributed by atoms with Gasteiger partial charge in [0.15, 0.2) is 0 Å². The van der Waals surface area contributed by atoms with E-state index in [1.807, 2.05) is 0 Å². The number of nitrogens with zero attached hydrogens (tertiary/aromatic N) is 2. The lowest BCUT2D eigenvalue weighted by atomic mass is 9.84. The summed E-state index contributed by atoms with van der Waals surface area (Å²) in [5.74, 6) is 2.26. The molecule has 64 heavy (non-hydrogen) atoms. The maximum absolute atomic E-state index is 2.53. The quantitative estimate of drug-likeness (QED) is 0.127. The van der Waals surface area contributed by atoms with Crippen molar-refractivity contribution in [3.05, 3.63) is 179 Å². The van der Waals surface area contributed by atoms with E-state index in [4.69, 9.17) is 0 Å². The van der Waals surface area contributed by atoms with Crippen molar-refractivity contribution in [2.45, 2.75) is 129 Å². The van der Waals surface area contributed by atoms with Crippen LogP contribution in [0, 0.1) is 13.8 Å². The van der Waals surface area contributed by atoms with Gasteiger partial charge in [0, 0.05) is 33.5 Å². The van der Waals surface area contributed by atoms with Crippen LogP contribution in [0.25, 0.3) is 32.3 Å². The van der Waals surface area contributed by atoms with E-state index in [2.05, 4.69) is 197 Å². The van der Waals surface area contributed by atoms with Gasteiger partial charge in [-0.2, -0.15) is 0 Å². The van der Waals surface area contributed by atoms with E-state index in [0.717, 1.165) is 0 Å². The molecule has 0 atom stereocenters. The zero-order chi connectivity index (χ0) is 43.9. The van der Waals surface area contributed by atoms with Crippen LogP contribution in [0.5, 0.6) is 0 Å². The first-order valence-corrected chi connectivity index (χ1v) is 24.6. The highest BCUT2D eigenvalue weighted by molar-refractivity contribution is 6.24. The second kappa shape index (κ2) is 18.0. The van der Waals surface area contributed by atoms with Crippen LogP contribution in [0.1, 0.15) is 149 Å². The van der Waals surface area contributed by atoms with Crippen molar-refractivity contribution in [2.24, 2.45) is 0 Å². The second-order valence-corrected chi connectivity index (χ2v) is 20.0. The molecule has 2 aliphatic rings. The Morgan fingerprint density at radius 3 is 0.984 bits per heavy atom. The number of aryl methyl sites for hydroxylation is 2. The first kappa shape index (κ1) is 42.1. The van der Waals surface area contributed by atoms with Crippen molar-refractivity contribution in [3.8, 4) is 0 Å². The Morgan fingerprint density at radius 1 is 0.344 bits per heavy atom. The fourth-order valence-electron chi connectivity index (χ4n) is 11.1. The zero-order valence-corrected chi connectivity index (χ0v) is 39.1. The average Bonchev–Trinajstić information content (AvgIpc) is 3.33. The minimum Gasteiger partial charge on any atom is -0.310 e. The molecule has 0 aliphatic heterocycles. The van der Waals surface area contributed by atoms with Crippen LogP contribution in [0.4, 0.5) is 34.1 Å². The highest BCUT2D eigenvalue weighted by atomic mass is 15.2. The predicted molar refractivity (Wildman–Crippen MR) is 278 cm³/mol. The van der Waals surface area contributed by atoms with E-state index in [1.165, 1.54) is 164 Å². The van der Waals surface area contributed by atoms with Crippen molar-refractivity contribution in [1.29, 1.82) is 0 Å². The summed E-state index contributed by atoms with van der Waals surface area (Å²) in [6, 6.07) is 57.1. The van der Waals surface area contributed by atoms with Crippen LogP contribution in [-0.2, 0) is 0 Å². The second-order valence-electron chi connectivity index (χ2n) is 20.0. The lowest BCUT2D eigenvalue weighted by Crippen LogP contribution is -2.13. The third-order valence-corrected chi connectivity index (χ3v) is 14.9. The Kier molecular flexibility index (Phi) is 11.8. The molecule has 10 rings (SSSR count). The molecule has 0 spiro atoms. The SMILES string of the molecule is Cc1ccc2c(N(c3ccc(C(C)C)cc3)c3ccc(C4CCCCC4)cc3)cc3c4cc(C)ccc4c(N(c4ccc(C(C)C)cc4)c4ccc(C5CCCCC5)cc4)cc3c2c1. The van der Waals surface area contributed by atoms with E-state index in [0.29, 0.717) is 23.7 Å². The molecule has 2 nitrogen and oxygen atoms in total. The van der Waals surface area contributed by atoms with Gasteiger partial charge in [-0.05, 0) is 168 Å². The van der Waals surface area contributed by atoms with Gasteiger partial charge in [0.1, 0.15) is 0 Å². The van der Waals surface area contributed by atoms with Gasteiger partial charge in [0.05, 0.1) is 11.4 Å². The molecular formula is C62H66N2. The molecule has 0 heterocycles. The van der Waals surface area contributed by atoms with E-state index >= 15 is 0 Å². The number of hydrogen-bond donors (Lipinski definition) is 0. The largest absolute Gasteiger partial charge is 0.310 e. The van der Waals surface area contributed by atoms with Gasteiger partial charge in [0.25, 0.3) is 0 Å². The summed E-state index contributed by atoms with van der Waals surface area (Å²) in [6.07, 6.45) is 13.3. The number of fused-ring (bicyclic) bond motifs is 5. The average molecular weight is 839 g/mol. The fourth-order valence-corrected chi connectivity index (χ4v) is 11.1. The molecule has 0 bridgehead atoms. The molecular weight excluding hydrogens is 773 g/mol. The van der Waals surface area contributed by atoms with E-state index < -0.39 is 0 Å². The first-order chi connectivity index (χ1) is 31.2. The normalized spacial score (nSPS) is 15.2. The molecule has 2 aliphatic carbocycles. The van der Waals surface area contributed by atoms with Crippen LogP contribution < -0.4 is 9.80 Å². The molecule has 2 fully saturated rings. The number of benzene rings is 8. The van der Waals surface area contributed by atoms with E-state index in [1.54, 1.807) is 0 Å². The maximum Gasteiger partial charge on any atom is 0.0546 e. The summed E-state index contributed by atoms with van der Waals surface area (Å²) in [7, 11) is 0. The molecule has 0 aromatic heterocycles. The third-order valence-electron chi connectivity index (χ3n) is 14.9. The van der Waals surface area contributed by atoms with Gasteiger partial charge >= 0.3 is 0 Å². The van der Waals surface area contributed by atoms with Gasteiger partial charge in [-0.1, -0.05) is 162 Å². The fraction of sp³-hybridized carbons (Fsp3) is 0.323. The summed E-state index contributed by atoms with van der Waals surface area (Å²) < 4.78 is 0. The summed E-state index contributed by atoms with van der Waals surface area (Å²) in [6.45, 7) is 13.6. The van der Waals surface area contributed by atoms with Crippen molar-refractivity contribution in [3.63, 3.8) is 0 Å². The van der Waals surface area contributed by atoms with Gasteiger partial charge in [0.2, 0.25) is 0 Å². The van der Waals surface area contributed by atoms with Crippen LogP contribution in [0.15, 0.2) is 146 Å². The summed E-state index contributed by atoms with van der Waals surface area (Å²) in [5, 5.41) is 7.63. The minimum absolute atomic E-state index is 0.466. The molecule has 2 saturated carbocycles. The van der Waals surface area contributed by atoms with Gasteiger partial charge < -0.3 is 9.80 Å². The van der Waals surface area contributed by atoms with E-state index in [-0.39, 0.29) is 0 Å². The monoisotopic (exact) mass is 839 g/mol. The third kappa shape index (κ3) is 8.22. The topological polar surface area (TPSA) is 6.48 Å². The molecule has 8 aromatic rings. The lowest BCUT2D eigenvalue weighted by Gasteiger charge is -2.31. The highest BCUT2D eigenvalue weighted by Crippen LogP contribution is 2.49. The Balaban J connectivity index is 1.21. The molecule has 0 unspecified atom stereocenters. The molecule has 0 saturated heterocycles. The van der Waals surface area contributed by atoms with E-state index in [9.17, 15) is 0 Å². The lowest BCUT2D eigenvalue weighted by molar-refractivity contribution is 0.443. The highest BCUT2D eigenvalue weighted by Gasteiger charge is 2.24. The van der Waals surface area contributed by atoms with Crippen molar-refractivity contribution < 1.29 is 0 Å². The van der Waals surface area contributed by atoms with Crippen molar-refractivity contribution in [1.82, 2.24) is 0 Å². The number of rotatable bonds is 10. The van der Waals surface area contributed by atoms with Gasteiger partial charge in [-0.25, -0.2) is 0 Å². The Bertz CT molecular complexity index is 2690. The molecule has 0 amide bonds. The van der Waals surface area contributed by atoms with Crippen molar-refractivity contribution in [2.75, 3.05) is 9.80 Å². The Labute approximate surface area is 383 Å². The Hall–Kier alpha value is -5.86. The van der Waals surface area contributed by atoms with Gasteiger partial charge in [-0.15, -0.1) is 0 Å². The number of hydrogen-bond acceptors (Lipinski definition) is 2. The van der Waals surface area contributed by atoms with Crippen LogP contribution in [-0.4, -0.2) is 0 Å². The summed E-state index contributed by atoms with van der Waals surface area (Å²) >= 11 is 0. The molecule has 324 valence electrons. The predicted octanol–water partition coefficient (Wildman–Crippen LogP) is 19.0. The maximum atomic E-state index is 2.53. The minimum atomic E-state index is 0.466. The molecule has 2 heteroatoms. The molecule has 8 aromatic carbocycles. The number of anilines is 6. The Morgan fingerprint density at radius 2 is 0.656 bits per heavy atom. The van der Waals surface area contributed by atoms with Gasteiger partial charge in [-0.3, -0.25) is 0 Å². The van der Waals surface area contributed by atoms with Crippen molar-refractivity contribution >= 4 is 66.4 Å². The summed E-state index contributed by atoms with van der Waals surface area (Å²) in [4.78, 5) is 5.05.